The Morgan fingerprint density at radius 2 is 2.40 bits per heavy atom. The normalized spacial score (nSPS) is 21.1. The fraction of sp³-hybridized carbons (Fsp3) is 0.533. The highest BCUT2D eigenvalue weighted by Gasteiger charge is 2.24. The van der Waals surface area contributed by atoms with E-state index >= 15 is 0 Å². The summed E-state index contributed by atoms with van der Waals surface area (Å²) >= 11 is 0. The van der Waals surface area contributed by atoms with Crippen molar-refractivity contribution < 1.29 is 13.9 Å². The van der Waals surface area contributed by atoms with Crippen LogP contribution in [0.15, 0.2) is 18.2 Å². The van der Waals surface area contributed by atoms with Crippen LogP contribution in [0.2, 0.25) is 0 Å². The van der Waals surface area contributed by atoms with E-state index in [0.717, 1.165) is 31.4 Å². The van der Waals surface area contributed by atoms with E-state index < -0.39 is 0 Å². The third kappa shape index (κ3) is 2.77. The van der Waals surface area contributed by atoms with Crippen molar-refractivity contribution in [2.45, 2.75) is 25.4 Å². The standard InChI is InChI=1S/C15H19FN2O2/c16-13-5-1-3-11-6-7-18(15(11)13)10-14(19)17-9-12-4-2-8-20-12/h1,3,5,12H,2,4,6-10H2,(H,17,19). The zero-order valence-electron chi connectivity index (χ0n) is 11.4. The number of nitrogens with one attached hydrogen (secondary N) is 1. The molecule has 2 heterocycles. The lowest BCUT2D eigenvalue weighted by molar-refractivity contribution is -0.120. The lowest BCUT2D eigenvalue weighted by Crippen LogP contribution is -2.39. The second kappa shape index (κ2) is 5.79. The van der Waals surface area contributed by atoms with E-state index in [-0.39, 0.29) is 24.4 Å². The molecule has 0 bridgehead atoms. The zero-order valence-corrected chi connectivity index (χ0v) is 11.4. The van der Waals surface area contributed by atoms with Crippen LogP contribution < -0.4 is 10.2 Å². The highest BCUT2D eigenvalue weighted by atomic mass is 19.1. The Morgan fingerprint density at radius 3 is 3.20 bits per heavy atom. The van der Waals surface area contributed by atoms with Gasteiger partial charge in [-0.15, -0.1) is 0 Å². The number of nitrogens with zero attached hydrogens (tertiary/aromatic N) is 1. The highest BCUT2D eigenvalue weighted by molar-refractivity contribution is 5.82. The molecule has 1 amide bonds. The predicted octanol–water partition coefficient (Wildman–Crippen LogP) is 1.48. The molecule has 0 radical (unpaired) electrons. The Morgan fingerprint density at radius 1 is 1.50 bits per heavy atom. The van der Waals surface area contributed by atoms with Gasteiger partial charge in [0.2, 0.25) is 5.91 Å². The maximum Gasteiger partial charge on any atom is 0.239 e. The number of anilines is 1. The number of rotatable bonds is 4. The number of fused-ring (bicyclic) bond motifs is 1. The molecule has 1 atom stereocenters. The van der Waals surface area contributed by atoms with Crippen LogP contribution in [0.5, 0.6) is 0 Å². The van der Waals surface area contributed by atoms with E-state index in [4.69, 9.17) is 4.74 Å². The quantitative estimate of drug-likeness (QED) is 0.907. The summed E-state index contributed by atoms with van der Waals surface area (Å²) in [7, 11) is 0. The second-order valence-corrected chi connectivity index (χ2v) is 5.36. The van der Waals surface area contributed by atoms with Gasteiger partial charge in [0.1, 0.15) is 5.82 Å². The fourth-order valence-corrected chi connectivity index (χ4v) is 2.90. The van der Waals surface area contributed by atoms with Crippen molar-refractivity contribution in [2.24, 2.45) is 0 Å². The third-order valence-corrected chi connectivity index (χ3v) is 3.92. The number of hydrogen-bond acceptors (Lipinski definition) is 3. The Balaban J connectivity index is 1.55. The van der Waals surface area contributed by atoms with Crippen molar-refractivity contribution in [3.8, 4) is 0 Å². The van der Waals surface area contributed by atoms with Gasteiger partial charge >= 0.3 is 0 Å². The third-order valence-electron chi connectivity index (χ3n) is 3.92. The minimum absolute atomic E-state index is 0.0726. The van der Waals surface area contributed by atoms with Crippen LogP contribution in [0.25, 0.3) is 0 Å². The molecule has 0 saturated carbocycles. The van der Waals surface area contributed by atoms with E-state index in [1.54, 1.807) is 6.07 Å². The average molecular weight is 278 g/mol. The van der Waals surface area contributed by atoms with Gasteiger partial charge in [0.15, 0.2) is 0 Å². The molecule has 1 aromatic rings. The van der Waals surface area contributed by atoms with E-state index in [1.165, 1.54) is 6.07 Å². The topological polar surface area (TPSA) is 41.6 Å². The molecule has 2 aliphatic rings. The minimum atomic E-state index is -0.244. The molecule has 108 valence electrons. The molecule has 0 spiro atoms. The molecular weight excluding hydrogens is 259 g/mol. The predicted molar refractivity (Wildman–Crippen MR) is 74.3 cm³/mol. The first-order valence-electron chi connectivity index (χ1n) is 7.14. The summed E-state index contributed by atoms with van der Waals surface area (Å²) in [5.41, 5.74) is 1.57. The number of hydrogen-bond donors (Lipinski definition) is 1. The first-order chi connectivity index (χ1) is 9.74. The first kappa shape index (κ1) is 13.4. The number of amides is 1. The summed E-state index contributed by atoms with van der Waals surface area (Å²) in [6.07, 6.45) is 3.00. The maximum absolute atomic E-state index is 13.8. The van der Waals surface area contributed by atoms with Crippen molar-refractivity contribution in [2.75, 3.05) is 31.1 Å². The van der Waals surface area contributed by atoms with Crippen LogP contribution in [-0.4, -0.2) is 38.3 Å². The first-order valence-corrected chi connectivity index (χ1v) is 7.14. The number of carbonyl (C=O) groups excluding carboxylic acids is 1. The number of halogens is 1. The molecular formula is C15H19FN2O2. The summed E-state index contributed by atoms with van der Waals surface area (Å²) in [4.78, 5) is 13.8. The van der Waals surface area contributed by atoms with Gasteiger partial charge < -0.3 is 15.0 Å². The summed E-state index contributed by atoms with van der Waals surface area (Å²) in [5.74, 6) is -0.316. The van der Waals surface area contributed by atoms with Crippen LogP contribution >= 0.6 is 0 Å². The molecule has 0 aliphatic carbocycles. The van der Waals surface area contributed by atoms with Gasteiger partial charge in [0.05, 0.1) is 18.3 Å². The van der Waals surface area contributed by atoms with Gasteiger partial charge in [-0.3, -0.25) is 4.79 Å². The molecule has 5 heteroatoms. The van der Waals surface area contributed by atoms with Gasteiger partial charge in [-0.2, -0.15) is 0 Å². The van der Waals surface area contributed by atoms with E-state index in [1.807, 2.05) is 11.0 Å². The van der Waals surface area contributed by atoms with Crippen LogP contribution in [0.1, 0.15) is 18.4 Å². The lowest BCUT2D eigenvalue weighted by atomic mass is 10.1. The minimum Gasteiger partial charge on any atom is -0.376 e. The SMILES string of the molecule is O=C(CN1CCc2cccc(F)c21)NCC1CCCO1. The number of para-hydroxylation sites is 1. The maximum atomic E-state index is 13.8. The number of carbonyl (C=O) groups is 1. The fourth-order valence-electron chi connectivity index (χ4n) is 2.90. The van der Waals surface area contributed by atoms with Crippen molar-refractivity contribution in [1.29, 1.82) is 0 Å². The average Bonchev–Trinajstić information content (AvgIpc) is 3.07. The summed E-state index contributed by atoms with van der Waals surface area (Å²) in [6.45, 7) is 2.24. The molecule has 1 unspecified atom stereocenters. The van der Waals surface area contributed by atoms with Crippen molar-refractivity contribution in [3.05, 3.63) is 29.6 Å². The molecule has 4 nitrogen and oxygen atoms in total. The van der Waals surface area contributed by atoms with Gasteiger partial charge in [-0.1, -0.05) is 12.1 Å². The summed E-state index contributed by atoms with van der Waals surface area (Å²) in [5, 5.41) is 2.87. The highest BCUT2D eigenvalue weighted by Crippen LogP contribution is 2.30. The molecule has 2 aliphatic heterocycles. The van der Waals surface area contributed by atoms with Crippen molar-refractivity contribution in [3.63, 3.8) is 0 Å². The van der Waals surface area contributed by atoms with Crippen LogP contribution in [0.4, 0.5) is 10.1 Å². The number of ether oxygens (including phenoxy) is 1. The molecule has 1 fully saturated rings. The largest absolute Gasteiger partial charge is 0.376 e. The molecule has 1 saturated heterocycles. The van der Waals surface area contributed by atoms with Crippen molar-refractivity contribution >= 4 is 11.6 Å². The second-order valence-electron chi connectivity index (χ2n) is 5.36. The Kier molecular flexibility index (Phi) is 3.87. The van der Waals surface area contributed by atoms with Crippen LogP contribution in [0, 0.1) is 5.82 Å². The summed E-state index contributed by atoms with van der Waals surface area (Å²) in [6, 6.07) is 5.08. The van der Waals surface area contributed by atoms with E-state index in [2.05, 4.69) is 5.32 Å². The smallest absolute Gasteiger partial charge is 0.239 e. The monoisotopic (exact) mass is 278 g/mol. The Bertz CT molecular complexity index is 501. The van der Waals surface area contributed by atoms with Crippen LogP contribution in [-0.2, 0) is 16.0 Å². The van der Waals surface area contributed by atoms with E-state index in [0.29, 0.717) is 18.8 Å². The molecule has 1 N–H and O–H groups in total. The molecule has 3 rings (SSSR count). The zero-order chi connectivity index (χ0) is 13.9. The Hall–Kier alpha value is -1.62. The Labute approximate surface area is 117 Å². The molecule has 1 aromatic carbocycles. The van der Waals surface area contributed by atoms with Crippen LogP contribution in [0.3, 0.4) is 0 Å². The van der Waals surface area contributed by atoms with Gasteiger partial charge in [0.25, 0.3) is 0 Å². The molecule has 20 heavy (non-hydrogen) atoms. The molecule has 0 aromatic heterocycles. The lowest BCUT2D eigenvalue weighted by Gasteiger charge is -2.20. The summed E-state index contributed by atoms with van der Waals surface area (Å²) < 4.78 is 19.3. The van der Waals surface area contributed by atoms with Gasteiger partial charge in [-0.05, 0) is 30.9 Å². The van der Waals surface area contributed by atoms with Gasteiger partial charge in [0, 0.05) is 19.7 Å². The number of benzene rings is 1. The van der Waals surface area contributed by atoms with Crippen molar-refractivity contribution in [1.82, 2.24) is 5.32 Å². The van der Waals surface area contributed by atoms with E-state index in [9.17, 15) is 9.18 Å². The van der Waals surface area contributed by atoms with Gasteiger partial charge in [-0.25, -0.2) is 4.39 Å².